The molecule has 1 heterocycles. The summed E-state index contributed by atoms with van der Waals surface area (Å²) in [4.78, 5) is 14.2. The van der Waals surface area contributed by atoms with E-state index in [1.54, 1.807) is 30.3 Å². The molecule has 30 heavy (non-hydrogen) atoms. The second-order valence-electron chi connectivity index (χ2n) is 6.30. The number of benzene rings is 2. The number of halogens is 2. The van der Waals surface area contributed by atoms with Gasteiger partial charge in [0.05, 0.1) is 9.80 Å². The molecule has 0 aromatic heterocycles. The third kappa shape index (κ3) is 4.84. The van der Waals surface area contributed by atoms with Gasteiger partial charge in [0.1, 0.15) is 5.82 Å². The lowest BCUT2D eigenvalue weighted by Gasteiger charge is -2.12. The molecule has 0 radical (unpaired) electrons. The van der Waals surface area contributed by atoms with Gasteiger partial charge >= 0.3 is 0 Å². The van der Waals surface area contributed by atoms with Crippen molar-refractivity contribution in [2.24, 2.45) is 4.40 Å². The van der Waals surface area contributed by atoms with E-state index in [9.17, 15) is 17.6 Å². The van der Waals surface area contributed by atoms with E-state index < -0.39 is 21.7 Å². The van der Waals surface area contributed by atoms with E-state index in [4.69, 9.17) is 0 Å². The molecule has 1 fully saturated rings. The van der Waals surface area contributed by atoms with Gasteiger partial charge in [-0.25, -0.2) is 4.39 Å². The predicted octanol–water partition coefficient (Wildman–Crippen LogP) is 4.84. The SMILES string of the molecule is C=CCN1C(=O)/C(=C\c2cccc(I)c2F)S/C1=N\S(=O)(=O)c1ccc(CC)cc1. The lowest BCUT2D eigenvalue weighted by Crippen LogP contribution is -2.29. The third-order valence-corrected chi connectivity index (χ3v) is 7.53. The number of amides is 1. The van der Waals surface area contributed by atoms with Crippen LogP contribution in [0.15, 0.2) is 69.3 Å². The third-order valence-electron chi connectivity index (χ3n) is 4.30. The minimum Gasteiger partial charge on any atom is -0.282 e. The lowest BCUT2D eigenvalue weighted by molar-refractivity contribution is -0.121. The minimum atomic E-state index is -4.02. The Balaban J connectivity index is 2.00. The van der Waals surface area contributed by atoms with E-state index in [-0.39, 0.29) is 27.1 Å². The van der Waals surface area contributed by atoms with Crippen LogP contribution in [0.25, 0.3) is 6.08 Å². The summed E-state index contributed by atoms with van der Waals surface area (Å²) in [6, 6.07) is 11.3. The summed E-state index contributed by atoms with van der Waals surface area (Å²) in [5.41, 5.74) is 1.25. The average Bonchev–Trinajstić information content (AvgIpc) is 3.00. The number of carbonyl (C=O) groups excluding carboxylic acids is 1. The highest BCUT2D eigenvalue weighted by molar-refractivity contribution is 14.1. The molecule has 0 saturated carbocycles. The topological polar surface area (TPSA) is 66.8 Å². The van der Waals surface area contributed by atoms with Gasteiger partial charge in [0, 0.05) is 15.7 Å². The van der Waals surface area contributed by atoms with Gasteiger partial charge in [-0.05, 0) is 70.6 Å². The number of hydrogen-bond donors (Lipinski definition) is 0. The molecule has 1 amide bonds. The second kappa shape index (κ2) is 9.44. The monoisotopic (exact) mass is 556 g/mol. The van der Waals surface area contributed by atoms with Crippen molar-refractivity contribution in [2.45, 2.75) is 18.2 Å². The molecule has 1 saturated heterocycles. The van der Waals surface area contributed by atoms with E-state index >= 15 is 0 Å². The number of aryl methyl sites for hydroxylation is 1. The maximum Gasteiger partial charge on any atom is 0.284 e. The Morgan fingerprint density at radius 2 is 1.93 bits per heavy atom. The van der Waals surface area contributed by atoms with Gasteiger partial charge in [-0.3, -0.25) is 9.69 Å². The average molecular weight is 556 g/mol. The molecule has 0 atom stereocenters. The van der Waals surface area contributed by atoms with Crippen LogP contribution in [-0.4, -0.2) is 30.9 Å². The number of amidine groups is 1. The maximum absolute atomic E-state index is 14.4. The molecule has 9 heteroatoms. The number of carbonyl (C=O) groups is 1. The first-order chi connectivity index (χ1) is 14.3. The summed E-state index contributed by atoms with van der Waals surface area (Å²) in [5.74, 6) is -0.892. The summed E-state index contributed by atoms with van der Waals surface area (Å²) < 4.78 is 44.2. The van der Waals surface area contributed by atoms with Crippen LogP contribution in [0.5, 0.6) is 0 Å². The summed E-state index contributed by atoms with van der Waals surface area (Å²) in [7, 11) is -4.02. The molecule has 0 bridgehead atoms. The molecular formula is C21H18FIN2O3S2. The fourth-order valence-corrected chi connectivity index (χ4v) is 5.39. The molecule has 0 N–H and O–H groups in total. The second-order valence-corrected chi connectivity index (χ2v) is 10.1. The van der Waals surface area contributed by atoms with E-state index in [0.717, 1.165) is 23.7 Å². The van der Waals surface area contributed by atoms with Gasteiger partial charge in [0.25, 0.3) is 15.9 Å². The van der Waals surface area contributed by atoms with Crippen molar-refractivity contribution in [1.29, 1.82) is 0 Å². The number of thioether (sulfide) groups is 1. The largest absolute Gasteiger partial charge is 0.284 e. The summed E-state index contributed by atoms with van der Waals surface area (Å²) >= 11 is 2.77. The number of sulfonamides is 1. The Kier molecular flexibility index (Phi) is 7.14. The summed E-state index contributed by atoms with van der Waals surface area (Å²) in [6.45, 7) is 5.67. The quantitative estimate of drug-likeness (QED) is 0.290. The Bertz CT molecular complexity index is 1160. The highest BCUT2D eigenvalue weighted by Gasteiger charge is 2.34. The smallest absolute Gasteiger partial charge is 0.282 e. The number of nitrogens with zero attached hydrogens (tertiary/aromatic N) is 2. The van der Waals surface area contributed by atoms with Crippen LogP contribution < -0.4 is 0 Å². The zero-order chi connectivity index (χ0) is 21.9. The number of rotatable bonds is 6. The molecule has 2 aromatic rings. The van der Waals surface area contributed by atoms with Crippen LogP contribution in [0.1, 0.15) is 18.1 Å². The van der Waals surface area contributed by atoms with Crippen molar-refractivity contribution < 1.29 is 17.6 Å². The van der Waals surface area contributed by atoms with Crippen molar-refractivity contribution in [2.75, 3.05) is 6.54 Å². The molecule has 0 spiro atoms. The van der Waals surface area contributed by atoms with Crippen LogP contribution in [-0.2, 0) is 21.2 Å². The van der Waals surface area contributed by atoms with Crippen LogP contribution in [0.2, 0.25) is 0 Å². The van der Waals surface area contributed by atoms with Gasteiger partial charge in [-0.1, -0.05) is 37.3 Å². The van der Waals surface area contributed by atoms with Crippen molar-refractivity contribution in [3.63, 3.8) is 0 Å². The summed E-state index contributed by atoms with van der Waals surface area (Å²) in [6.07, 6.45) is 3.67. The lowest BCUT2D eigenvalue weighted by atomic mass is 10.2. The molecule has 3 rings (SSSR count). The van der Waals surface area contributed by atoms with Crippen LogP contribution in [0.4, 0.5) is 4.39 Å². The zero-order valence-electron chi connectivity index (χ0n) is 16.0. The summed E-state index contributed by atoms with van der Waals surface area (Å²) in [5, 5.41) is 0.0109. The molecule has 156 valence electrons. The van der Waals surface area contributed by atoms with Crippen LogP contribution in [0.3, 0.4) is 0 Å². The van der Waals surface area contributed by atoms with Gasteiger partial charge < -0.3 is 0 Å². The van der Waals surface area contributed by atoms with Crippen molar-refractivity contribution >= 4 is 61.5 Å². The molecule has 2 aromatic carbocycles. The standard InChI is InChI=1S/C21H18FIN2O3S2/c1-3-12-25-20(26)18(13-15-6-5-7-17(23)19(15)22)29-21(25)24-30(27,28)16-10-8-14(4-2)9-11-16/h3,5-11,13H,1,4,12H2,2H3/b18-13+,24-21-. The van der Waals surface area contributed by atoms with Gasteiger partial charge in [0.15, 0.2) is 5.17 Å². The first kappa shape index (κ1) is 22.7. The predicted molar refractivity (Wildman–Crippen MR) is 127 cm³/mol. The van der Waals surface area contributed by atoms with E-state index in [1.165, 1.54) is 29.2 Å². The fourth-order valence-electron chi connectivity index (χ4n) is 2.69. The molecule has 5 nitrogen and oxygen atoms in total. The highest BCUT2D eigenvalue weighted by atomic mass is 127. The van der Waals surface area contributed by atoms with Crippen LogP contribution in [0, 0.1) is 9.39 Å². The first-order valence-corrected chi connectivity index (χ1v) is 12.3. The Hall–Kier alpha value is -1.98. The zero-order valence-corrected chi connectivity index (χ0v) is 19.8. The fraction of sp³-hybridized carbons (Fsp3) is 0.143. The molecule has 0 aliphatic carbocycles. The molecule has 1 aliphatic heterocycles. The van der Waals surface area contributed by atoms with E-state index in [1.807, 2.05) is 29.5 Å². The van der Waals surface area contributed by atoms with Crippen molar-refractivity contribution in [3.8, 4) is 0 Å². The van der Waals surface area contributed by atoms with Crippen LogP contribution >= 0.6 is 34.4 Å². The van der Waals surface area contributed by atoms with Gasteiger partial charge in [-0.2, -0.15) is 8.42 Å². The Labute approximate surface area is 193 Å². The van der Waals surface area contributed by atoms with Gasteiger partial charge in [-0.15, -0.1) is 11.0 Å². The highest BCUT2D eigenvalue weighted by Crippen LogP contribution is 2.34. The van der Waals surface area contributed by atoms with Gasteiger partial charge in [0.2, 0.25) is 0 Å². The van der Waals surface area contributed by atoms with E-state index in [2.05, 4.69) is 11.0 Å². The molecular weight excluding hydrogens is 538 g/mol. The van der Waals surface area contributed by atoms with Crippen molar-refractivity contribution in [3.05, 3.63) is 80.5 Å². The normalized spacial score (nSPS) is 17.2. The van der Waals surface area contributed by atoms with Crippen molar-refractivity contribution in [1.82, 2.24) is 4.90 Å². The molecule has 0 unspecified atom stereocenters. The Morgan fingerprint density at radius 1 is 1.23 bits per heavy atom. The Morgan fingerprint density at radius 3 is 2.57 bits per heavy atom. The minimum absolute atomic E-state index is 0.0109. The maximum atomic E-state index is 14.4. The number of hydrogen-bond acceptors (Lipinski definition) is 4. The first-order valence-electron chi connectivity index (χ1n) is 8.97. The van der Waals surface area contributed by atoms with E-state index in [0.29, 0.717) is 3.57 Å². The molecule has 1 aliphatic rings.